The van der Waals surface area contributed by atoms with Gasteiger partial charge in [-0.25, -0.2) is 0 Å². The van der Waals surface area contributed by atoms with E-state index >= 15 is 0 Å². The number of amides is 1. The molecule has 96 valence electrons. The summed E-state index contributed by atoms with van der Waals surface area (Å²) in [4.78, 5) is 22.2. The van der Waals surface area contributed by atoms with Crippen molar-refractivity contribution in [1.29, 1.82) is 0 Å². The summed E-state index contributed by atoms with van der Waals surface area (Å²) in [6, 6.07) is 0.156. The first-order valence-electron chi connectivity index (χ1n) is 6.52. The average Bonchev–Trinajstić information content (AvgIpc) is 3.14. The molecule has 18 heavy (non-hydrogen) atoms. The van der Waals surface area contributed by atoms with Gasteiger partial charge in [0.2, 0.25) is 5.91 Å². The van der Waals surface area contributed by atoms with E-state index in [1.54, 1.807) is 18.6 Å². The van der Waals surface area contributed by atoms with Crippen molar-refractivity contribution in [1.82, 2.24) is 14.9 Å². The molecule has 5 heteroatoms. The number of nitrogens with two attached hydrogens (primary N) is 1. The third kappa shape index (κ3) is 2.36. The van der Waals surface area contributed by atoms with Crippen LogP contribution in [0.1, 0.15) is 18.5 Å². The molecular formula is C13H18N4O. The normalized spacial score (nSPS) is 27.5. The predicted molar refractivity (Wildman–Crippen MR) is 66.5 cm³/mol. The Morgan fingerprint density at radius 3 is 2.89 bits per heavy atom. The Morgan fingerprint density at radius 1 is 1.39 bits per heavy atom. The lowest BCUT2D eigenvalue weighted by atomic mass is 9.99. The Hall–Kier alpha value is -1.49. The maximum Gasteiger partial charge on any atom is 0.228 e. The molecule has 1 aromatic heterocycles. The Morgan fingerprint density at radius 2 is 2.22 bits per heavy atom. The first kappa shape index (κ1) is 11.6. The zero-order valence-corrected chi connectivity index (χ0v) is 10.3. The molecule has 0 spiro atoms. The Labute approximate surface area is 106 Å². The van der Waals surface area contributed by atoms with Crippen LogP contribution in [0.3, 0.4) is 0 Å². The van der Waals surface area contributed by atoms with E-state index < -0.39 is 0 Å². The molecular weight excluding hydrogens is 228 g/mol. The second-order valence-corrected chi connectivity index (χ2v) is 5.34. The van der Waals surface area contributed by atoms with Crippen LogP contribution in [0.15, 0.2) is 18.6 Å². The molecule has 5 nitrogen and oxygen atoms in total. The summed E-state index contributed by atoms with van der Waals surface area (Å²) in [6.45, 7) is 1.52. The molecule has 0 aromatic carbocycles. The van der Waals surface area contributed by atoms with Crippen molar-refractivity contribution in [3.63, 3.8) is 0 Å². The molecule has 0 radical (unpaired) electrons. The summed E-state index contributed by atoms with van der Waals surface area (Å²) in [7, 11) is 0. The van der Waals surface area contributed by atoms with Crippen LogP contribution in [0.5, 0.6) is 0 Å². The molecule has 2 atom stereocenters. The van der Waals surface area contributed by atoms with E-state index in [0.717, 1.165) is 18.2 Å². The standard InChI is InChI=1S/C13H18N4O/c14-12-8-17(7-11(12)9-1-2-9)13(18)5-10-6-15-3-4-16-10/h3-4,6,9,11-12H,1-2,5,7-8,14H2/t11-,12+/m0/s1. The van der Waals surface area contributed by atoms with E-state index in [9.17, 15) is 4.79 Å². The minimum absolute atomic E-state index is 0.120. The van der Waals surface area contributed by atoms with E-state index in [4.69, 9.17) is 5.73 Å². The van der Waals surface area contributed by atoms with Crippen LogP contribution in [0, 0.1) is 11.8 Å². The Kier molecular flexibility index (Phi) is 2.99. The van der Waals surface area contributed by atoms with Crippen molar-refractivity contribution in [3.05, 3.63) is 24.3 Å². The third-order valence-corrected chi connectivity index (χ3v) is 3.94. The minimum atomic E-state index is 0.120. The summed E-state index contributed by atoms with van der Waals surface area (Å²) >= 11 is 0. The minimum Gasteiger partial charge on any atom is -0.340 e. The summed E-state index contributed by atoms with van der Waals surface area (Å²) in [6.07, 6.45) is 7.77. The van der Waals surface area contributed by atoms with Gasteiger partial charge < -0.3 is 10.6 Å². The average molecular weight is 246 g/mol. The Balaban J connectivity index is 1.60. The van der Waals surface area contributed by atoms with Crippen LogP contribution in [0.2, 0.25) is 0 Å². The molecule has 1 amide bonds. The van der Waals surface area contributed by atoms with Gasteiger partial charge in [-0.3, -0.25) is 14.8 Å². The Bertz CT molecular complexity index is 432. The fourth-order valence-electron chi connectivity index (χ4n) is 2.77. The smallest absolute Gasteiger partial charge is 0.228 e. The van der Waals surface area contributed by atoms with Crippen molar-refractivity contribution in [3.8, 4) is 0 Å². The zero-order valence-electron chi connectivity index (χ0n) is 10.3. The van der Waals surface area contributed by atoms with Gasteiger partial charge in [-0.15, -0.1) is 0 Å². The van der Waals surface area contributed by atoms with E-state index in [1.807, 2.05) is 4.90 Å². The van der Waals surface area contributed by atoms with Gasteiger partial charge in [-0.2, -0.15) is 0 Å². The summed E-state index contributed by atoms with van der Waals surface area (Å²) < 4.78 is 0. The van der Waals surface area contributed by atoms with Gasteiger partial charge in [0.1, 0.15) is 0 Å². The highest BCUT2D eigenvalue weighted by atomic mass is 16.2. The van der Waals surface area contributed by atoms with Gasteiger partial charge in [0, 0.05) is 37.7 Å². The number of hydrogen-bond donors (Lipinski definition) is 1. The highest BCUT2D eigenvalue weighted by molar-refractivity contribution is 5.78. The van der Waals surface area contributed by atoms with Crippen LogP contribution in [-0.2, 0) is 11.2 Å². The van der Waals surface area contributed by atoms with Crippen molar-refractivity contribution in [2.24, 2.45) is 17.6 Å². The van der Waals surface area contributed by atoms with Crippen LogP contribution in [0.25, 0.3) is 0 Å². The van der Waals surface area contributed by atoms with Gasteiger partial charge >= 0.3 is 0 Å². The second-order valence-electron chi connectivity index (χ2n) is 5.34. The van der Waals surface area contributed by atoms with Crippen molar-refractivity contribution >= 4 is 5.91 Å². The van der Waals surface area contributed by atoms with Crippen LogP contribution in [-0.4, -0.2) is 39.9 Å². The van der Waals surface area contributed by atoms with Gasteiger partial charge in [-0.05, 0) is 24.7 Å². The first-order chi connectivity index (χ1) is 8.74. The van der Waals surface area contributed by atoms with Gasteiger partial charge in [0.25, 0.3) is 0 Å². The number of aromatic nitrogens is 2. The maximum absolute atomic E-state index is 12.2. The lowest BCUT2D eigenvalue weighted by Crippen LogP contribution is -2.33. The first-order valence-corrected chi connectivity index (χ1v) is 6.52. The fourth-order valence-corrected chi connectivity index (χ4v) is 2.77. The quantitative estimate of drug-likeness (QED) is 0.828. The summed E-state index contributed by atoms with van der Waals surface area (Å²) in [5, 5.41) is 0. The van der Waals surface area contributed by atoms with E-state index in [0.29, 0.717) is 18.9 Å². The number of carbonyl (C=O) groups is 1. The maximum atomic E-state index is 12.2. The summed E-state index contributed by atoms with van der Waals surface area (Å²) in [5.74, 6) is 1.39. The molecule has 1 aromatic rings. The molecule has 2 aliphatic rings. The molecule has 1 saturated carbocycles. The molecule has 2 N–H and O–H groups in total. The van der Waals surface area contributed by atoms with Gasteiger partial charge in [0.05, 0.1) is 12.1 Å². The van der Waals surface area contributed by atoms with Crippen molar-refractivity contribution in [2.75, 3.05) is 13.1 Å². The van der Waals surface area contributed by atoms with E-state index in [2.05, 4.69) is 9.97 Å². The van der Waals surface area contributed by atoms with Crippen molar-refractivity contribution < 1.29 is 4.79 Å². The molecule has 2 fully saturated rings. The fraction of sp³-hybridized carbons (Fsp3) is 0.615. The molecule has 1 aliphatic carbocycles. The molecule has 1 saturated heterocycles. The predicted octanol–water partition coefficient (Wildman–Crippen LogP) is 0.215. The topological polar surface area (TPSA) is 72.1 Å². The van der Waals surface area contributed by atoms with Crippen LogP contribution < -0.4 is 5.73 Å². The number of nitrogens with zero attached hydrogens (tertiary/aromatic N) is 3. The van der Waals surface area contributed by atoms with Crippen LogP contribution in [0.4, 0.5) is 0 Å². The zero-order chi connectivity index (χ0) is 12.5. The second kappa shape index (κ2) is 4.65. The van der Waals surface area contributed by atoms with E-state index in [-0.39, 0.29) is 11.9 Å². The molecule has 2 heterocycles. The molecule has 0 bridgehead atoms. The molecule has 0 unspecified atom stereocenters. The highest BCUT2D eigenvalue weighted by Crippen LogP contribution is 2.40. The number of likely N-dealkylation sites (tertiary alicyclic amines) is 1. The molecule has 3 rings (SSSR count). The summed E-state index contributed by atoms with van der Waals surface area (Å²) in [5.41, 5.74) is 6.85. The number of rotatable bonds is 3. The number of carbonyl (C=O) groups excluding carboxylic acids is 1. The van der Waals surface area contributed by atoms with E-state index in [1.165, 1.54) is 12.8 Å². The monoisotopic (exact) mass is 246 g/mol. The SMILES string of the molecule is N[C@@H]1CN(C(=O)Cc2cnccn2)C[C@H]1C1CC1. The lowest BCUT2D eigenvalue weighted by molar-refractivity contribution is -0.129. The number of hydrogen-bond acceptors (Lipinski definition) is 4. The lowest BCUT2D eigenvalue weighted by Gasteiger charge is -2.15. The van der Waals surface area contributed by atoms with Crippen LogP contribution >= 0.6 is 0 Å². The largest absolute Gasteiger partial charge is 0.340 e. The molecule has 1 aliphatic heterocycles. The third-order valence-electron chi connectivity index (χ3n) is 3.94. The van der Waals surface area contributed by atoms with Crippen molar-refractivity contribution in [2.45, 2.75) is 25.3 Å². The van der Waals surface area contributed by atoms with Gasteiger partial charge in [-0.1, -0.05) is 0 Å². The van der Waals surface area contributed by atoms with Gasteiger partial charge in [0.15, 0.2) is 0 Å². The highest BCUT2D eigenvalue weighted by Gasteiger charge is 2.41.